The largest absolute Gasteiger partial charge is 0.329 e. The van der Waals surface area contributed by atoms with Crippen molar-refractivity contribution in [2.45, 2.75) is 25.8 Å². The van der Waals surface area contributed by atoms with Crippen molar-refractivity contribution in [3.63, 3.8) is 0 Å². The number of nitrogens with zero attached hydrogens (tertiary/aromatic N) is 1. The molecule has 1 unspecified atom stereocenters. The monoisotopic (exact) mass is 224 g/mol. The van der Waals surface area contributed by atoms with Gasteiger partial charge >= 0.3 is 0 Å². The lowest BCUT2D eigenvalue weighted by molar-refractivity contribution is 0.141. The highest BCUT2D eigenvalue weighted by Gasteiger charge is 2.23. The number of hydrogen-bond donors (Lipinski definition) is 1. The predicted molar refractivity (Wildman–Crippen MR) is 66.1 cm³/mol. The standard InChI is InChI=1S/C12H20N2S/c1-10-2-5-14(6-3-10)12(8-13)11-4-7-15-9-11/h4,7,9-10,12H,2-3,5-6,8,13H2,1H3. The average molecular weight is 224 g/mol. The second kappa shape index (κ2) is 5.10. The Labute approximate surface area is 96.1 Å². The van der Waals surface area contributed by atoms with Crippen LogP contribution in [0.2, 0.25) is 0 Å². The summed E-state index contributed by atoms with van der Waals surface area (Å²) in [4.78, 5) is 2.54. The summed E-state index contributed by atoms with van der Waals surface area (Å²) < 4.78 is 0. The van der Waals surface area contributed by atoms with Crippen molar-refractivity contribution >= 4 is 11.3 Å². The van der Waals surface area contributed by atoms with Crippen molar-refractivity contribution < 1.29 is 0 Å². The zero-order chi connectivity index (χ0) is 10.7. The van der Waals surface area contributed by atoms with Crippen molar-refractivity contribution in [3.8, 4) is 0 Å². The third-order valence-electron chi connectivity index (χ3n) is 3.41. The Balaban J connectivity index is 2.01. The summed E-state index contributed by atoms with van der Waals surface area (Å²) in [5.41, 5.74) is 7.29. The molecule has 0 aromatic carbocycles. The molecule has 0 bridgehead atoms. The van der Waals surface area contributed by atoms with Gasteiger partial charge in [0.25, 0.3) is 0 Å². The summed E-state index contributed by atoms with van der Waals surface area (Å²) in [6.07, 6.45) is 2.64. The Morgan fingerprint density at radius 2 is 2.27 bits per heavy atom. The molecule has 1 aromatic rings. The van der Waals surface area contributed by atoms with Crippen LogP contribution in [-0.2, 0) is 0 Å². The Hall–Kier alpha value is -0.380. The van der Waals surface area contributed by atoms with E-state index in [4.69, 9.17) is 5.73 Å². The van der Waals surface area contributed by atoms with Gasteiger partial charge in [-0.25, -0.2) is 0 Å². The molecular weight excluding hydrogens is 204 g/mol. The van der Waals surface area contributed by atoms with Gasteiger partial charge in [0.05, 0.1) is 0 Å². The van der Waals surface area contributed by atoms with E-state index in [-0.39, 0.29) is 0 Å². The number of rotatable bonds is 3. The Bertz CT molecular complexity index is 276. The van der Waals surface area contributed by atoms with Gasteiger partial charge in [0.2, 0.25) is 0 Å². The molecule has 0 amide bonds. The molecule has 84 valence electrons. The fraction of sp³-hybridized carbons (Fsp3) is 0.667. The number of hydrogen-bond acceptors (Lipinski definition) is 3. The second-order valence-electron chi connectivity index (χ2n) is 4.53. The first kappa shape index (κ1) is 11.1. The van der Waals surface area contributed by atoms with Gasteiger partial charge in [-0.15, -0.1) is 0 Å². The normalized spacial score (nSPS) is 21.7. The van der Waals surface area contributed by atoms with E-state index in [2.05, 4.69) is 28.7 Å². The molecule has 0 aliphatic carbocycles. The second-order valence-corrected chi connectivity index (χ2v) is 5.31. The maximum atomic E-state index is 5.89. The number of likely N-dealkylation sites (tertiary alicyclic amines) is 1. The molecule has 0 radical (unpaired) electrons. The first-order chi connectivity index (χ1) is 7.31. The summed E-state index contributed by atoms with van der Waals surface area (Å²) in [5, 5.41) is 4.38. The number of thiophene rings is 1. The van der Waals surface area contributed by atoms with Gasteiger partial charge in [-0.1, -0.05) is 6.92 Å². The highest BCUT2D eigenvalue weighted by molar-refractivity contribution is 7.07. The molecule has 1 saturated heterocycles. The third kappa shape index (κ3) is 2.60. The van der Waals surface area contributed by atoms with Crippen molar-refractivity contribution in [2.75, 3.05) is 19.6 Å². The van der Waals surface area contributed by atoms with Crippen molar-refractivity contribution in [3.05, 3.63) is 22.4 Å². The van der Waals surface area contributed by atoms with Gasteiger partial charge in [0.1, 0.15) is 0 Å². The molecule has 2 heterocycles. The Kier molecular flexibility index (Phi) is 3.78. The third-order valence-corrected chi connectivity index (χ3v) is 4.11. The average Bonchev–Trinajstić information content (AvgIpc) is 2.75. The van der Waals surface area contributed by atoms with E-state index in [1.807, 2.05) is 0 Å². The van der Waals surface area contributed by atoms with Crippen LogP contribution >= 0.6 is 11.3 Å². The minimum Gasteiger partial charge on any atom is -0.329 e. The molecule has 3 heteroatoms. The summed E-state index contributed by atoms with van der Waals surface area (Å²) in [7, 11) is 0. The van der Waals surface area contributed by atoms with E-state index in [1.54, 1.807) is 11.3 Å². The van der Waals surface area contributed by atoms with Crippen LogP contribution in [0.15, 0.2) is 16.8 Å². The lowest BCUT2D eigenvalue weighted by atomic mass is 9.96. The predicted octanol–water partition coefficient (Wildman–Crippen LogP) is 2.48. The lowest BCUT2D eigenvalue weighted by Crippen LogP contribution is -2.39. The Morgan fingerprint density at radius 3 is 2.80 bits per heavy atom. The Morgan fingerprint density at radius 1 is 1.53 bits per heavy atom. The van der Waals surface area contributed by atoms with Gasteiger partial charge in [-0.05, 0) is 54.2 Å². The quantitative estimate of drug-likeness (QED) is 0.854. The molecule has 2 nitrogen and oxygen atoms in total. The van der Waals surface area contributed by atoms with Crippen LogP contribution in [0.3, 0.4) is 0 Å². The van der Waals surface area contributed by atoms with Gasteiger partial charge in [0.15, 0.2) is 0 Å². The van der Waals surface area contributed by atoms with Gasteiger partial charge in [-0.3, -0.25) is 4.90 Å². The number of piperidine rings is 1. The van der Waals surface area contributed by atoms with Crippen LogP contribution in [0.4, 0.5) is 0 Å². The van der Waals surface area contributed by atoms with Gasteiger partial charge < -0.3 is 5.73 Å². The minimum absolute atomic E-state index is 0.448. The minimum atomic E-state index is 0.448. The van der Waals surface area contributed by atoms with Crippen LogP contribution in [-0.4, -0.2) is 24.5 Å². The first-order valence-corrected chi connectivity index (χ1v) is 6.71. The van der Waals surface area contributed by atoms with Crippen LogP contribution in [0.5, 0.6) is 0 Å². The molecule has 15 heavy (non-hydrogen) atoms. The smallest absolute Gasteiger partial charge is 0.0478 e. The molecule has 0 spiro atoms. The fourth-order valence-corrected chi connectivity index (χ4v) is 3.01. The van der Waals surface area contributed by atoms with E-state index >= 15 is 0 Å². The maximum Gasteiger partial charge on any atom is 0.0478 e. The van der Waals surface area contributed by atoms with E-state index in [1.165, 1.54) is 31.5 Å². The van der Waals surface area contributed by atoms with Crippen LogP contribution < -0.4 is 5.73 Å². The van der Waals surface area contributed by atoms with E-state index in [9.17, 15) is 0 Å². The molecule has 2 N–H and O–H groups in total. The molecule has 1 aromatic heterocycles. The van der Waals surface area contributed by atoms with Crippen LogP contribution in [0, 0.1) is 5.92 Å². The fourth-order valence-electron chi connectivity index (χ4n) is 2.30. The summed E-state index contributed by atoms with van der Waals surface area (Å²) in [5.74, 6) is 0.891. The van der Waals surface area contributed by atoms with Gasteiger partial charge in [-0.2, -0.15) is 11.3 Å². The highest BCUT2D eigenvalue weighted by atomic mass is 32.1. The maximum absolute atomic E-state index is 5.89. The topological polar surface area (TPSA) is 29.3 Å². The van der Waals surface area contributed by atoms with Crippen LogP contribution in [0.1, 0.15) is 31.4 Å². The summed E-state index contributed by atoms with van der Waals surface area (Å²) in [6, 6.07) is 2.66. The van der Waals surface area contributed by atoms with E-state index in [0.29, 0.717) is 6.04 Å². The molecule has 0 saturated carbocycles. The van der Waals surface area contributed by atoms with E-state index in [0.717, 1.165) is 12.5 Å². The lowest BCUT2D eigenvalue weighted by Gasteiger charge is -2.36. The molecule has 1 aliphatic heterocycles. The molecule has 1 atom stereocenters. The zero-order valence-corrected chi connectivity index (χ0v) is 10.2. The van der Waals surface area contributed by atoms with E-state index < -0.39 is 0 Å². The van der Waals surface area contributed by atoms with Crippen molar-refractivity contribution in [1.82, 2.24) is 4.90 Å². The molecule has 1 fully saturated rings. The van der Waals surface area contributed by atoms with Crippen molar-refractivity contribution in [2.24, 2.45) is 11.7 Å². The SMILES string of the molecule is CC1CCN(C(CN)c2ccsc2)CC1. The summed E-state index contributed by atoms with van der Waals surface area (Å²) >= 11 is 1.77. The zero-order valence-electron chi connectivity index (χ0n) is 9.36. The van der Waals surface area contributed by atoms with Crippen LogP contribution in [0.25, 0.3) is 0 Å². The molecular formula is C12H20N2S. The number of nitrogens with two attached hydrogens (primary N) is 1. The first-order valence-electron chi connectivity index (χ1n) is 5.77. The molecule has 2 rings (SSSR count). The molecule has 1 aliphatic rings. The summed E-state index contributed by atoms with van der Waals surface area (Å²) in [6.45, 7) is 5.50. The van der Waals surface area contributed by atoms with Gasteiger partial charge in [0, 0.05) is 12.6 Å². The van der Waals surface area contributed by atoms with Crippen molar-refractivity contribution in [1.29, 1.82) is 0 Å². The highest BCUT2D eigenvalue weighted by Crippen LogP contribution is 2.27.